The number of nitrogens with one attached hydrogen (secondary N) is 2. The van der Waals surface area contributed by atoms with Crippen LogP contribution in [0.1, 0.15) is 25.7 Å². The van der Waals surface area contributed by atoms with Gasteiger partial charge in [-0.1, -0.05) is 12.1 Å². The number of phenols is 1. The number of aromatic hydroxyl groups is 1. The Morgan fingerprint density at radius 3 is 2.33 bits per heavy atom. The van der Waals surface area contributed by atoms with E-state index in [9.17, 15) is 14.7 Å². The van der Waals surface area contributed by atoms with Gasteiger partial charge in [-0.2, -0.15) is 0 Å². The molecular formula is C12H17N3O3. The van der Waals surface area contributed by atoms with Gasteiger partial charge >= 0.3 is 0 Å². The Labute approximate surface area is 105 Å². The summed E-state index contributed by atoms with van der Waals surface area (Å²) in [6.45, 7) is 0. The van der Waals surface area contributed by atoms with E-state index in [0.29, 0.717) is 31.4 Å². The zero-order chi connectivity index (χ0) is 13.4. The normalized spacial score (nSPS) is 9.83. The fourth-order valence-corrected chi connectivity index (χ4v) is 1.44. The van der Waals surface area contributed by atoms with Gasteiger partial charge in [-0.25, -0.2) is 5.84 Å². The molecule has 5 N–H and O–H groups in total. The van der Waals surface area contributed by atoms with Crippen LogP contribution in [-0.2, 0) is 9.59 Å². The minimum absolute atomic E-state index is 0.0355. The topological polar surface area (TPSA) is 104 Å². The molecule has 1 aromatic carbocycles. The van der Waals surface area contributed by atoms with Gasteiger partial charge in [0.05, 0.1) is 5.69 Å². The summed E-state index contributed by atoms with van der Waals surface area (Å²) >= 11 is 0. The van der Waals surface area contributed by atoms with E-state index >= 15 is 0 Å². The summed E-state index contributed by atoms with van der Waals surface area (Å²) in [7, 11) is 0. The first kappa shape index (κ1) is 14.0. The molecule has 0 aliphatic rings. The largest absolute Gasteiger partial charge is 0.506 e. The van der Waals surface area contributed by atoms with E-state index < -0.39 is 0 Å². The monoisotopic (exact) mass is 251 g/mol. The van der Waals surface area contributed by atoms with Crippen LogP contribution >= 0.6 is 0 Å². The maximum atomic E-state index is 11.5. The maximum Gasteiger partial charge on any atom is 0.233 e. The quantitative estimate of drug-likeness (QED) is 0.198. The molecule has 0 aliphatic carbocycles. The average Bonchev–Trinajstić information content (AvgIpc) is 2.37. The van der Waals surface area contributed by atoms with Gasteiger partial charge in [0.15, 0.2) is 0 Å². The maximum absolute atomic E-state index is 11.5. The Balaban J connectivity index is 2.26. The van der Waals surface area contributed by atoms with E-state index in [1.54, 1.807) is 18.2 Å². The average molecular weight is 251 g/mol. The molecule has 18 heavy (non-hydrogen) atoms. The first-order chi connectivity index (χ1) is 8.63. The second-order valence-corrected chi connectivity index (χ2v) is 3.84. The van der Waals surface area contributed by atoms with Crippen molar-refractivity contribution in [3.05, 3.63) is 24.3 Å². The smallest absolute Gasteiger partial charge is 0.233 e. The van der Waals surface area contributed by atoms with E-state index in [1.807, 2.05) is 5.43 Å². The van der Waals surface area contributed by atoms with Crippen LogP contribution in [0.15, 0.2) is 24.3 Å². The molecule has 0 atom stereocenters. The predicted molar refractivity (Wildman–Crippen MR) is 67.5 cm³/mol. The molecule has 0 saturated heterocycles. The molecule has 6 nitrogen and oxygen atoms in total. The molecule has 6 heteroatoms. The van der Waals surface area contributed by atoms with Crippen LogP contribution in [0.25, 0.3) is 0 Å². The van der Waals surface area contributed by atoms with Crippen LogP contribution in [0, 0.1) is 0 Å². The summed E-state index contributed by atoms with van der Waals surface area (Å²) < 4.78 is 0. The highest BCUT2D eigenvalue weighted by atomic mass is 16.3. The van der Waals surface area contributed by atoms with Gasteiger partial charge in [0.25, 0.3) is 0 Å². The summed E-state index contributed by atoms with van der Waals surface area (Å²) in [5.41, 5.74) is 2.42. The van der Waals surface area contributed by atoms with Crippen LogP contribution in [0.3, 0.4) is 0 Å². The van der Waals surface area contributed by atoms with E-state index in [4.69, 9.17) is 5.84 Å². The Morgan fingerprint density at radius 1 is 1.11 bits per heavy atom. The molecule has 0 heterocycles. The number of anilines is 1. The van der Waals surface area contributed by atoms with Crippen LogP contribution in [0.2, 0.25) is 0 Å². The van der Waals surface area contributed by atoms with Crippen molar-refractivity contribution >= 4 is 17.5 Å². The lowest BCUT2D eigenvalue weighted by Crippen LogP contribution is -2.29. The van der Waals surface area contributed by atoms with Gasteiger partial charge in [-0.15, -0.1) is 0 Å². The molecule has 0 bridgehead atoms. The number of hydrogen-bond acceptors (Lipinski definition) is 4. The van der Waals surface area contributed by atoms with Gasteiger partial charge < -0.3 is 10.4 Å². The van der Waals surface area contributed by atoms with Gasteiger partial charge in [0.2, 0.25) is 11.8 Å². The van der Waals surface area contributed by atoms with E-state index in [-0.39, 0.29) is 17.6 Å². The zero-order valence-electron chi connectivity index (χ0n) is 9.98. The molecule has 0 aliphatic heterocycles. The Kier molecular flexibility index (Phi) is 5.66. The van der Waals surface area contributed by atoms with Crippen LogP contribution < -0.4 is 16.6 Å². The van der Waals surface area contributed by atoms with Crippen molar-refractivity contribution in [1.29, 1.82) is 0 Å². The first-order valence-electron chi connectivity index (χ1n) is 5.70. The van der Waals surface area contributed by atoms with Gasteiger partial charge in [0.1, 0.15) is 5.75 Å². The number of hydrazine groups is 1. The lowest BCUT2D eigenvalue weighted by Gasteiger charge is -2.06. The number of para-hydroxylation sites is 2. The summed E-state index contributed by atoms with van der Waals surface area (Å²) in [4.78, 5) is 22.4. The summed E-state index contributed by atoms with van der Waals surface area (Å²) in [6, 6.07) is 6.52. The number of benzene rings is 1. The summed E-state index contributed by atoms with van der Waals surface area (Å²) in [5, 5.41) is 12.1. The number of hydrogen-bond donors (Lipinski definition) is 4. The second-order valence-electron chi connectivity index (χ2n) is 3.84. The van der Waals surface area contributed by atoms with Crippen molar-refractivity contribution in [2.24, 2.45) is 5.84 Å². The van der Waals surface area contributed by atoms with Gasteiger partial charge in [0, 0.05) is 12.8 Å². The minimum atomic E-state index is -0.240. The molecule has 1 rings (SSSR count). The fourth-order valence-electron chi connectivity index (χ4n) is 1.44. The molecule has 98 valence electrons. The van der Waals surface area contributed by atoms with Crippen LogP contribution in [-0.4, -0.2) is 16.9 Å². The van der Waals surface area contributed by atoms with Crippen LogP contribution in [0.5, 0.6) is 5.75 Å². The number of unbranched alkanes of at least 4 members (excludes halogenated alkanes) is 1. The number of amides is 2. The van der Waals surface area contributed by atoms with Gasteiger partial charge in [-0.05, 0) is 25.0 Å². The second kappa shape index (κ2) is 7.29. The lowest BCUT2D eigenvalue weighted by atomic mass is 10.2. The molecule has 0 spiro atoms. The minimum Gasteiger partial charge on any atom is -0.506 e. The first-order valence-corrected chi connectivity index (χ1v) is 5.70. The predicted octanol–water partition coefficient (Wildman–Crippen LogP) is 0.881. The summed E-state index contributed by atoms with van der Waals surface area (Å²) in [5.74, 6) is 4.53. The van der Waals surface area contributed by atoms with Crippen molar-refractivity contribution in [3.8, 4) is 5.75 Å². The van der Waals surface area contributed by atoms with E-state index in [1.165, 1.54) is 6.07 Å². The molecule has 2 amide bonds. The number of rotatable bonds is 6. The molecular weight excluding hydrogens is 234 g/mol. The number of carbonyl (C=O) groups excluding carboxylic acids is 2. The lowest BCUT2D eigenvalue weighted by molar-refractivity contribution is -0.121. The molecule has 0 saturated carbocycles. The molecule has 0 unspecified atom stereocenters. The Hall–Kier alpha value is -2.08. The standard InChI is InChI=1S/C12H17N3O3/c13-15-12(18)8-4-3-7-11(17)14-9-5-1-2-6-10(9)16/h1-2,5-6,16H,3-4,7-8,13H2,(H,14,17)(H,15,18). The van der Waals surface area contributed by atoms with Crippen molar-refractivity contribution in [1.82, 2.24) is 5.43 Å². The Morgan fingerprint density at radius 2 is 1.72 bits per heavy atom. The molecule has 0 fully saturated rings. The molecule has 0 radical (unpaired) electrons. The highest BCUT2D eigenvalue weighted by molar-refractivity contribution is 5.92. The fraction of sp³-hybridized carbons (Fsp3) is 0.333. The van der Waals surface area contributed by atoms with Crippen molar-refractivity contribution in [3.63, 3.8) is 0 Å². The number of phenolic OH excluding ortho intramolecular Hbond substituents is 1. The van der Waals surface area contributed by atoms with Crippen LogP contribution in [0.4, 0.5) is 5.69 Å². The SMILES string of the molecule is NNC(=O)CCCCC(=O)Nc1ccccc1O. The summed E-state index contributed by atoms with van der Waals surface area (Å²) in [6.07, 6.45) is 1.79. The van der Waals surface area contributed by atoms with Gasteiger partial charge in [-0.3, -0.25) is 15.0 Å². The third-order valence-corrected chi connectivity index (χ3v) is 2.40. The van der Waals surface area contributed by atoms with E-state index in [0.717, 1.165) is 0 Å². The highest BCUT2D eigenvalue weighted by Crippen LogP contribution is 2.21. The number of carbonyl (C=O) groups is 2. The third-order valence-electron chi connectivity index (χ3n) is 2.40. The highest BCUT2D eigenvalue weighted by Gasteiger charge is 2.06. The van der Waals surface area contributed by atoms with Crippen molar-refractivity contribution < 1.29 is 14.7 Å². The van der Waals surface area contributed by atoms with E-state index in [2.05, 4.69) is 5.32 Å². The zero-order valence-corrected chi connectivity index (χ0v) is 9.98. The molecule has 1 aromatic rings. The van der Waals surface area contributed by atoms with Crippen molar-refractivity contribution in [2.75, 3.05) is 5.32 Å². The van der Waals surface area contributed by atoms with Crippen molar-refractivity contribution in [2.45, 2.75) is 25.7 Å². The number of nitrogens with two attached hydrogens (primary N) is 1. The third kappa shape index (κ3) is 4.84. The molecule has 0 aromatic heterocycles. The Bertz CT molecular complexity index is 421.